The quantitative estimate of drug-likeness (QED) is 0.440. The fraction of sp³-hybridized carbons (Fsp3) is 0.321. The molecule has 2 aromatic rings. The van der Waals surface area contributed by atoms with Gasteiger partial charge in [-0.15, -0.1) is 0 Å². The zero-order chi connectivity index (χ0) is 24.4. The van der Waals surface area contributed by atoms with Crippen molar-refractivity contribution in [2.75, 3.05) is 0 Å². The van der Waals surface area contributed by atoms with Crippen molar-refractivity contribution in [1.29, 1.82) is 0 Å². The summed E-state index contributed by atoms with van der Waals surface area (Å²) in [6, 6.07) is 22.1. The van der Waals surface area contributed by atoms with Crippen LogP contribution in [0, 0.1) is 0 Å². The zero-order valence-corrected chi connectivity index (χ0v) is 19.7. The normalized spacial score (nSPS) is 13.8. The van der Waals surface area contributed by atoms with Gasteiger partial charge in [0.2, 0.25) is 0 Å². The molecule has 2 unspecified atom stereocenters. The molecule has 0 aliphatic heterocycles. The summed E-state index contributed by atoms with van der Waals surface area (Å²) in [7, 11) is 0. The van der Waals surface area contributed by atoms with Gasteiger partial charge in [0.15, 0.2) is 0 Å². The molecular weight excluding hydrogens is 440 g/mol. The van der Waals surface area contributed by atoms with Gasteiger partial charge >= 0.3 is 167 Å². The van der Waals surface area contributed by atoms with Crippen LogP contribution in [0.5, 0.6) is 0 Å². The van der Waals surface area contributed by atoms with Crippen molar-refractivity contribution in [2.45, 2.75) is 57.8 Å². The van der Waals surface area contributed by atoms with E-state index in [1.165, 1.54) is 46.9 Å². The van der Waals surface area contributed by atoms with Crippen LogP contribution in [-0.2, 0) is 30.4 Å². The van der Waals surface area contributed by atoms with Gasteiger partial charge in [0.25, 0.3) is 20.4 Å². The molecule has 2 atom stereocenters. The average molecular weight is 469 g/mol. The fourth-order valence-electron chi connectivity index (χ4n) is 4.23. The maximum atomic E-state index is 7.50. The van der Waals surface area contributed by atoms with Crippen molar-refractivity contribution < 1.29 is 30.4 Å². The molecule has 4 heteroatoms. The molecule has 0 spiro atoms. The molecule has 0 bridgehead atoms. The summed E-state index contributed by atoms with van der Waals surface area (Å²) in [4.78, 5) is 22.5. The summed E-state index contributed by atoms with van der Waals surface area (Å²) in [5, 5.41) is 0. The minimum atomic E-state index is 0.485. The van der Waals surface area contributed by atoms with Gasteiger partial charge < -0.3 is 0 Å². The minimum Gasteiger partial charge on any atom is -0.281 e. The van der Waals surface area contributed by atoms with Gasteiger partial charge in [-0.1, -0.05) is 0 Å². The van der Waals surface area contributed by atoms with Crippen molar-refractivity contribution in [1.82, 2.24) is 0 Å². The van der Waals surface area contributed by atoms with Crippen LogP contribution in [0.25, 0.3) is 0 Å². The monoisotopic (exact) mass is 469 g/mol. The SMILES string of the molecule is CCCC(C1=C(C(CCC)c2ccccc2)C[C]([Fe])=C1)c1ccccc1.[C]=O.[C]=O.[C]=O. The molecule has 1 aliphatic rings. The molecule has 0 amide bonds. The molecule has 2 aromatic carbocycles. The summed E-state index contributed by atoms with van der Waals surface area (Å²) < 4.78 is 1.27. The third-order valence-corrected chi connectivity index (χ3v) is 5.74. The summed E-state index contributed by atoms with van der Waals surface area (Å²) in [5.41, 5.74) is 6.03. The van der Waals surface area contributed by atoms with E-state index in [0.29, 0.717) is 11.8 Å². The first-order valence-electron chi connectivity index (χ1n) is 10.5. The van der Waals surface area contributed by atoms with Crippen molar-refractivity contribution in [2.24, 2.45) is 0 Å². The number of hydrogen-bond donors (Lipinski definition) is 0. The van der Waals surface area contributed by atoms with E-state index in [2.05, 4.69) is 117 Å². The van der Waals surface area contributed by atoms with Crippen LogP contribution in [0.4, 0.5) is 0 Å². The summed E-state index contributed by atoms with van der Waals surface area (Å²) in [6.07, 6.45) is 8.21. The van der Waals surface area contributed by atoms with Crippen LogP contribution in [0.1, 0.15) is 68.9 Å². The molecule has 0 saturated carbocycles. The Labute approximate surface area is 201 Å². The van der Waals surface area contributed by atoms with Gasteiger partial charge in [-0.3, -0.25) is 14.4 Å². The molecular formula is C28H29FeO3. The zero-order valence-electron chi connectivity index (χ0n) is 18.6. The maximum absolute atomic E-state index is 7.50. The first kappa shape index (κ1) is 29.4. The average Bonchev–Trinajstić information content (AvgIpc) is 3.26. The second-order valence-electron chi connectivity index (χ2n) is 7.24. The Morgan fingerprint density at radius 3 is 1.56 bits per heavy atom. The van der Waals surface area contributed by atoms with E-state index >= 15 is 0 Å². The number of allylic oxidation sites excluding steroid dienone is 4. The van der Waals surface area contributed by atoms with Gasteiger partial charge in [0.05, 0.1) is 0 Å². The first-order chi connectivity index (χ1) is 15.7. The van der Waals surface area contributed by atoms with Crippen LogP contribution in [-0.4, -0.2) is 20.4 Å². The second-order valence-corrected chi connectivity index (χ2v) is 7.95. The van der Waals surface area contributed by atoms with Gasteiger partial charge in [-0.2, -0.15) is 0 Å². The number of carbonyl (C=O) groups excluding carboxylic acids is 3. The summed E-state index contributed by atoms with van der Waals surface area (Å²) in [5.74, 6) is 0.994. The van der Waals surface area contributed by atoms with Gasteiger partial charge in [-0.25, -0.2) is 0 Å². The number of benzene rings is 2. The molecule has 0 aromatic heterocycles. The molecule has 0 N–H and O–H groups in total. The topological polar surface area (TPSA) is 51.2 Å². The molecule has 3 rings (SSSR count). The van der Waals surface area contributed by atoms with Gasteiger partial charge in [-0.05, 0) is 0 Å². The molecule has 32 heavy (non-hydrogen) atoms. The van der Waals surface area contributed by atoms with E-state index in [1.54, 1.807) is 5.57 Å². The summed E-state index contributed by atoms with van der Waals surface area (Å²) >= 11 is 4.33. The van der Waals surface area contributed by atoms with Crippen molar-refractivity contribution in [3.8, 4) is 0 Å². The van der Waals surface area contributed by atoms with E-state index in [1.807, 2.05) is 0 Å². The van der Waals surface area contributed by atoms with E-state index in [4.69, 9.17) is 14.4 Å². The molecule has 167 valence electrons. The molecule has 1 aliphatic carbocycles. The molecule has 3 nitrogen and oxygen atoms in total. The molecule has 0 heterocycles. The molecule has 0 saturated heterocycles. The second kappa shape index (κ2) is 18.1. The predicted octanol–water partition coefficient (Wildman–Crippen LogP) is 6.09. The van der Waals surface area contributed by atoms with Crippen molar-refractivity contribution in [3.05, 3.63) is 93.5 Å². The minimum absolute atomic E-state index is 0.485. The number of hydrogen-bond acceptors (Lipinski definition) is 3. The van der Waals surface area contributed by atoms with Gasteiger partial charge in [0, 0.05) is 0 Å². The van der Waals surface area contributed by atoms with E-state index in [0.717, 1.165) is 6.42 Å². The largest absolute Gasteiger partial charge is 0.281 e. The fourth-order valence-corrected chi connectivity index (χ4v) is 4.61. The Balaban J connectivity index is 0.00000148. The van der Waals surface area contributed by atoms with Crippen LogP contribution >= 0.6 is 0 Å². The van der Waals surface area contributed by atoms with E-state index in [9.17, 15) is 0 Å². The predicted molar refractivity (Wildman–Crippen MR) is 125 cm³/mol. The van der Waals surface area contributed by atoms with Crippen LogP contribution < -0.4 is 0 Å². The van der Waals surface area contributed by atoms with Crippen LogP contribution in [0.3, 0.4) is 0 Å². The Morgan fingerprint density at radius 2 is 1.12 bits per heavy atom. The summed E-state index contributed by atoms with van der Waals surface area (Å²) in [6.45, 7) is 18.1. The van der Waals surface area contributed by atoms with Crippen LogP contribution in [0.15, 0.2) is 82.4 Å². The Morgan fingerprint density at radius 1 is 0.719 bits per heavy atom. The van der Waals surface area contributed by atoms with E-state index < -0.39 is 0 Å². The van der Waals surface area contributed by atoms with Crippen LogP contribution in [0.2, 0.25) is 0 Å². The van der Waals surface area contributed by atoms with Crippen molar-refractivity contribution >= 4 is 20.4 Å². The smallest absolute Gasteiger partial charge is 0.281 e. The standard InChI is InChI=1S/C25H29.3CO.Fe/c1-3-12-22(20-14-7-5-8-15-20)24-18-11-19-25(24)23(13-4-2)21-16-9-6-10-17-21;3*1-2;/h5-10,14-18,22-23H,3-4,12-13,19H2,1-2H3;;;;. The number of rotatable bonds is 8. The van der Waals surface area contributed by atoms with E-state index in [-0.39, 0.29) is 0 Å². The molecule has 0 fully saturated rings. The third kappa shape index (κ3) is 8.53. The molecule has 6 radical (unpaired) electrons. The maximum Gasteiger partial charge on any atom is 0.281 e. The Kier molecular flexibility index (Phi) is 16.6. The first-order valence-corrected chi connectivity index (χ1v) is 11.1. The Bertz CT molecular complexity index is 810. The van der Waals surface area contributed by atoms with Crippen molar-refractivity contribution in [3.63, 3.8) is 0 Å². The third-order valence-electron chi connectivity index (χ3n) is 5.39. The van der Waals surface area contributed by atoms with Gasteiger partial charge in [0.1, 0.15) is 0 Å². The Hall–Kier alpha value is -2.55.